The van der Waals surface area contributed by atoms with Crippen molar-refractivity contribution < 1.29 is 5.21 Å². The van der Waals surface area contributed by atoms with Crippen molar-refractivity contribution in [1.82, 2.24) is 4.90 Å². The average Bonchev–Trinajstić information content (AvgIpc) is 2.32. The van der Waals surface area contributed by atoms with Crippen LogP contribution in [-0.4, -0.2) is 46.1 Å². The summed E-state index contributed by atoms with van der Waals surface area (Å²) in [6.45, 7) is 12.3. The fourth-order valence-corrected chi connectivity index (χ4v) is 4.02. The highest BCUT2D eigenvalue weighted by molar-refractivity contribution is 8.00. The molecular weight excluding hydrogens is 258 g/mol. The maximum atomic E-state index is 8.74. The van der Waals surface area contributed by atoms with Crippen LogP contribution in [0.4, 0.5) is 0 Å². The van der Waals surface area contributed by atoms with E-state index in [-0.39, 0.29) is 5.41 Å². The van der Waals surface area contributed by atoms with Crippen molar-refractivity contribution in [2.24, 2.45) is 16.3 Å². The molecule has 1 saturated heterocycles. The number of thioether (sulfide) groups is 1. The lowest BCUT2D eigenvalue weighted by molar-refractivity contribution is 0.259. The van der Waals surface area contributed by atoms with Crippen molar-refractivity contribution >= 4 is 17.6 Å². The fraction of sp³-hybridized carbons (Fsp3) is 0.929. The smallest absolute Gasteiger partial charge is 0.144 e. The summed E-state index contributed by atoms with van der Waals surface area (Å²) in [4.78, 5) is 2.57. The zero-order valence-electron chi connectivity index (χ0n) is 12.7. The molecule has 0 saturated carbocycles. The monoisotopic (exact) mass is 287 g/mol. The van der Waals surface area contributed by atoms with E-state index in [4.69, 9.17) is 10.9 Å². The van der Waals surface area contributed by atoms with E-state index in [1.54, 1.807) is 0 Å². The minimum absolute atomic E-state index is 0.201. The van der Waals surface area contributed by atoms with Gasteiger partial charge in [0.25, 0.3) is 0 Å². The highest BCUT2D eigenvalue weighted by Gasteiger charge is 2.24. The zero-order valence-corrected chi connectivity index (χ0v) is 13.5. The standard InChI is InChI=1S/C14H29N3OS/c1-11-9-17(10-12(2)19-11)8-6-5-7-14(3,4)13(15)16-18/h11-12,18H,5-10H2,1-4H3,(H2,15,16). The Hall–Kier alpha value is -0.420. The van der Waals surface area contributed by atoms with Crippen LogP contribution in [-0.2, 0) is 0 Å². The molecule has 19 heavy (non-hydrogen) atoms. The van der Waals surface area contributed by atoms with E-state index >= 15 is 0 Å². The summed E-state index contributed by atoms with van der Waals surface area (Å²) < 4.78 is 0. The minimum atomic E-state index is -0.201. The third-order valence-electron chi connectivity index (χ3n) is 3.82. The van der Waals surface area contributed by atoms with Gasteiger partial charge in [0.05, 0.1) is 0 Å². The van der Waals surface area contributed by atoms with Gasteiger partial charge in [-0.15, -0.1) is 0 Å². The van der Waals surface area contributed by atoms with Gasteiger partial charge < -0.3 is 15.8 Å². The van der Waals surface area contributed by atoms with Crippen LogP contribution in [0, 0.1) is 5.41 Å². The van der Waals surface area contributed by atoms with E-state index in [0.29, 0.717) is 5.84 Å². The molecule has 112 valence electrons. The second-order valence-electron chi connectivity index (χ2n) is 6.34. The van der Waals surface area contributed by atoms with Crippen LogP contribution in [0.5, 0.6) is 0 Å². The molecular formula is C14H29N3OS. The molecule has 0 aromatic carbocycles. The second kappa shape index (κ2) is 7.39. The summed E-state index contributed by atoms with van der Waals surface area (Å²) in [5.41, 5.74) is 5.50. The van der Waals surface area contributed by atoms with Crippen molar-refractivity contribution in [3.63, 3.8) is 0 Å². The van der Waals surface area contributed by atoms with Crippen LogP contribution >= 0.6 is 11.8 Å². The summed E-state index contributed by atoms with van der Waals surface area (Å²) in [5, 5.41) is 13.4. The molecule has 0 spiro atoms. The molecule has 1 aliphatic rings. The number of rotatable bonds is 6. The predicted octanol–water partition coefficient (Wildman–Crippen LogP) is 2.76. The quantitative estimate of drug-likeness (QED) is 0.259. The second-order valence-corrected chi connectivity index (χ2v) is 8.22. The van der Waals surface area contributed by atoms with Gasteiger partial charge in [-0.2, -0.15) is 11.8 Å². The van der Waals surface area contributed by atoms with Crippen LogP contribution in [0.15, 0.2) is 5.16 Å². The lowest BCUT2D eigenvalue weighted by atomic mass is 9.86. The van der Waals surface area contributed by atoms with E-state index in [0.717, 1.165) is 23.3 Å². The van der Waals surface area contributed by atoms with Crippen molar-refractivity contribution in [2.45, 2.75) is 57.5 Å². The molecule has 1 fully saturated rings. The largest absolute Gasteiger partial charge is 0.409 e. The van der Waals surface area contributed by atoms with Crippen molar-refractivity contribution in [3.05, 3.63) is 0 Å². The third-order valence-corrected chi connectivity index (χ3v) is 5.05. The number of hydrogen-bond acceptors (Lipinski definition) is 4. The number of nitrogens with two attached hydrogens (primary N) is 1. The molecule has 1 aliphatic heterocycles. The average molecular weight is 287 g/mol. The Morgan fingerprint density at radius 3 is 2.42 bits per heavy atom. The molecule has 2 unspecified atom stereocenters. The summed E-state index contributed by atoms with van der Waals surface area (Å²) in [6, 6.07) is 0. The Bertz CT molecular complexity index is 297. The van der Waals surface area contributed by atoms with Crippen molar-refractivity contribution in [2.75, 3.05) is 19.6 Å². The van der Waals surface area contributed by atoms with E-state index in [2.05, 4.69) is 35.7 Å². The first-order valence-electron chi connectivity index (χ1n) is 7.21. The van der Waals surface area contributed by atoms with Gasteiger partial charge in [0.1, 0.15) is 5.84 Å². The maximum absolute atomic E-state index is 8.74. The Morgan fingerprint density at radius 1 is 1.32 bits per heavy atom. The van der Waals surface area contributed by atoms with Crippen molar-refractivity contribution in [1.29, 1.82) is 0 Å². The molecule has 1 heterocycles. The number of hydrogen-bond donors (Lipinski definition) is 2. The van der Waals surface area contributed by atoms with Crippen LogP contribution in [0.3, 0.4) is 0 Å². The van der Waals surface area contributed by atoms with Gasteiger partial charge in [0.2, 0.25) is 0 Å². The molecule has 0 radical (unpaired) electrons. The molecule has 0 bridgehead atoms. The molecule has 0 aliphatic carbocycles. The Morgan fingerprint density at radius 2 is 1.89 bits per heavy atom. The normalized spacial score (nSPS) is 26.6. The topological polar surface area (TPSA) is 61.8 Å². The molecule has 1 rings (SSSR count). The number of unbranched alkanes of at least 4 members (excludes halogenated alkanes) is 1. The van der Waals surface area contributed by atoms with E-state index in [1.807, 2.05) is 13.8 Å². The van der Waals surface area contributed by atoms with Gasteiger partial charge in [0, 0.05) is 29.0 Å². The zero-order chi connectivity index (χ0) is 14.5. The lowest BCUT2D eigenvalue weighted by Gasteiger charge is -2.34. The molecule has 2 atom stereocenters. The van der Waals surface area contributed by atoms with Gasteiger partial charge in [-0.3, -0.25) is 0 Å². The van der Waals surface area contributed by atoms with Gasteiger partial charge in [-0.1, -0.05) is 39.3 Å². The minimum Gasteiger partial charge on any atom is -0.409 e. The van der Waals surface area contributed by atoms with E-state index in [9.17, 15) is 0 Å². The fourth-order valence-electron chi connectivity index (χ4n) is 2.63. The van der Waals surface area contributed by atoms with Crippen LogP contribution in [0.25, 0.3) is 0 Å². The van der Waals surface area contributed by atoms with Crippen molar-refractivity contribution in [3.8, 4) is 0 Å². The van der Waals surface area contributed by atoms with Gasteiger partial charge >= 0.3 is 0 Å². The first kappa shape index (κ1) is 16.6. The van der Waals surface area contributed by atoms with Crippen LogP contribution in [0.2, 0.25) is 0 Å². The highest BCUT2D eigenvalue weighted by Crippen LogP contribution is 2.26. The lowest BCUT2D eigenvalue weighted by Crippen LogP contribution is -2.40. The molecule has 0 aromatic heterocycles. The maximum Gasteiger partial charge on any atom is 0.144 e. The van der Waals surface area contributed by atoms with E-state index in [1.165, 1.54) is 26.1 Å². The Labute approximate surface area is 121 Å². The summed E-state index contributed by atoms with van der Waals surface area (Å²) >= 11 is 2.09. The summed E-state index contributed by atoms with van der Waals surface area (Å²) in [7, 11) is 0. The highest BCUT2D eigenvalue weighted by atomic mass is 32.2. The molecule has 0 amide bonds. The van der Waals surface area contributed by atoms with Gasteiger partial charge in [-0.25, -0.2) is 0 Å². The van der Waals surface area contributed by atoms with E-state index < -0.39 is 0 Å². The summed E-state index contributed by atoms with van der Waals surface area (Å²) in [6.07, 6.45) is 3.28. The number of oxime groups is 1. The van der Waals surface area contributed by atoms with Gasteiger partial charge in [-0.05, 0) is 19.4 Å². The van der Waals surface area contributed by atoms with Crippen LogP contribution < -0.4 is 5.73 Å². The Kier molecular flexibility index (Phi) is 6.47. The molecule has 4 nitrogen and oxygen atoms in total. The first-order chi connectivity index (χ1) is 8.85. The summed E-state index contributed by atoms with van der Waals surface area (Å²) in [5.74, 6) is 0.337. The SMILES string of the molecule is CC1CN(CCCCC(C)(C)C(N)=NO)CC(C)S1. The molecule has 5 heteroatoms. The number of amidine groups is 1. The molecule has 0 aromatic rings. The Balaban J connectivity index is 2.24. The van der Waals surface area contributed by atoms with Gasteiger partial charge in [0.15, 0.2) is 0 Å². The first-order valence-corrected chi connectivity index (χ1v) is 8.15. The number of nitrogens with zero attached hydrogens (tertiary/aromatic N) is 2. The third kappa shape index (κ3) is 5.61. The predicted molar refractivity (Wildman–Crippen MR) is 84.0 cm³/mol. The molecule has 3 N–H and O–H groups in total. The van der Waals surface area contributed by atoms with Crippen LogP contribution in [0.1, 0.15) is 47.0 Å².